The molecular formula is C18H16ClN5OS. The minimum absolute atomic E-state index is 0.110. The number of benzene rings is 2. The van der Waals surface area contributed by atoms with E-state index in [1.54, 1.807) is 12.1 Å². The Morgan fingerprint density at radius 2 is 2.12 bits per heavy atom. The molecule has 0 fully saturated rings. The average molecular weight is 386 g/mol. The summed E-state index contributed by atoms with van der Waals surface area (Å²) in [7, 11) is 0. The minimum Gasteiger partial charge on any atom is -0.325 e. The summed E-state index contributed by atoms with van der Waals surface area (Å²) < 4.78 is 1.93. The molecule has 0 radical (unpaired) electrons. The van der Waals surface area contributed by atoms with E-state index in [4.69, 9.17) is 11.6 Å². The molecule has 0 bridgehead atoms. The molecule has 0 aliphatic carbocycles. The van der Waals surface area contributed by atoms with Crippen LogP contribution in [-0.2, 0) is 4.79 Å². The first kappa shape index (κ1) is 16.9. The van der Waals surface area contributed by atoms with E-state index in [2.05, 4.69) is 20.5 Å². The molecule has 1 atom stereocenters. The van der Waals surface area contributed by atoms with Gasteiger partial charge in [0.15, 0.2) is 5.16 Å². The predicted molar refractivity (Wildman–Crippen MR) is 105 cm³/mol. The zero-order valence-corrected chi connectivity index (χ0v) is 15.7. The number of thioether (sulfide) groups is 1. The number of fused-ring (bicyclic) bond motifs is 3. The lowest BCUT2D eigenvalue weighted by molar-refractivity contribution is -0.115. The number of rotatable bonds is 4. The Hall–Kier alpha value is -2.51. The summed E-state index contributed by atoms with van der Waals surface area (Å²) >= 11 is 7.39. The maximum absolute atomic E-state index is 12.6. The van der Waals surface area contributed by atoms with Crippen LogP contribution >= 0.6 is 23.4 Å². The molecule has 2 heterocycles. The van der Waals surface area contributed by atoms with Crippen molar-refractivity contribution in [2.24, 2.45) is 0 Å². The van der Waals surface area contributed by atoms with Crippen molar-refractivity contribution in [1.82, 2.24) is 19.6 Å². The van der Waals surface area contributed by atoms with E-state index in [1.807, 2.05) is 48.6 Å². The maximum Gasteiger partial charge on any atom is 0.237 e. The van der Waals surface area contributed by atoms with Gasteiger partial charge in [-0.05, 0) is 43.7 Å². The number of para-hydroxylation sites is 2. The third-order valence-corrected chi connectivity index (χ3v) is 5.40. The van der Waals surface area contributed by atoms with Gasteiger partial charge in [0.05, 0.1) is 16.3 Å². The van der Waals surface area contributed by atoms with Gasteiger partial charge >= 0.3 is 0 Å². The molecule has 1 unspecified atom stereocenters. The fraction of sp³-hybridized carbons (Fsp3) is 0.167. The number of nitrogens with zero attached hydrogens (tertiary/aromatic N) is 3. The first-order chi connectivity index (χ1) is 12.5. The lowest BCUT2D eigenvalue weighted by atomic mass is 10.2. The number of halogens is 1. The normalized spacial score (nSPS) is 12.6. The summed E-state index contributed by atoms with van der Waals surface area (Å²) in [6.45, 7) is 3.78. The number of aryl methyl sites for hydroxylation is 1. The molecule has 132 valence electrons. The fourth-order valence-corrected chi connectivity index (χ4v) is 3.74. The van der Waals surface area contributed by atoms with Gasteiger partial charge in [0.2, 0.25) is 11.7 Å². The smallest absolute Gasteiger partial charge is 0.237 e. The first-order valence-corrected chi connectivity index (χ1v) is 9.34. The Bertz CT molecular complexity index is 1120. The van der Waals surface area contributed by atoms with Gasteiger partial charge in [0.1, 0.15) is 0 Å². The second-order valence-electron chi connectivity index (χ2n) is 5.97. The van der Waals surface area contributed by atoms with Crippen LogP contribution in [0.3, 0.4) is 0 Å². The van der Waals surface area contributed by atoms with Crippen molar-refractivity contribution < 1.29 is 4.79 Å². The zero-order chi connectivity index (χ0) is 18.3. The average Bonchev–Trinajstić information content (AvgIpc) is 3.18. The molecule has 2 N–H and O–H groups in total. The second-order valence-corrected chi connectivity index (χ2v) is 7.72. The van der Waals surface area contributed by atoms with Crippen LogP contribution in [0.4, 0.5) is 5.69 Å². The number of hydrogen-bond acceptors (Lipinski definition) is 4. The van der Waals surface area contributed by atoms with Crippen LogP contribution in [-0.4, -0.2) is 30.7 Å². The summed E-state index contributed by atoms with van der Waals surface area (Å²) in [6.07, 6.45) is 0. The number of carbonyl (C=O) groups is 1. The highest BCUT2D eigenvalue weighted by molar-refractivity contribution is 8.00. The van der Waals surface area contributed by atoms with Crippen molar-refractivity contribution in [2.45, 2.75) is 24.3 Å². The van der Waals surface area contributed by atoms with Crippen molar-refractivity contribution in [3.63, 3.8) is 0 Å². The van der Waals surface area contributed by atoms with Crippen LogP contribution in [0, 0.1) is 6.92 Å². The van der Waals surface area contributed by atoms with Gasteiger partial charge in [-0.3, -0.25) is 9.20 Å². The SMILES string of the molecule is Cc1ccc(Cl)cc1NC(=O)C(C)Sc1n[nH]c2nc3ccccc3n12. The summed E-state index contributed by atoms with van der Waals surface area (Å²) in [5.74, 6) is 0.549. The highest BCUT2D eigenvalue weighted by Crippen LogP contribution is 2.27. The highest BCUT2D eigenvalue weighted by Gasteiger charge is 2.20. The molecule has 2 aromatic carbocycles. The Morgan fingerprint density at radius 3 is 2.96 bits per heavy atom. The molecule has 1 amide bonds. The van der Waals surface area contributed by atoms with E-state index in [1.165, 1.54) is 11.8 Å². The van der Waals surface area contributed by atoms with Gasteiger partial charge in [-0.15, -0.1) is 5.10 Å². The molecule has 0 aliphatic rings. The Balaban J connectivity index is 1.58. The molecule has 4 aromatic rings. The lowest BCUT2D eigenvalue weighted by Gasteiger charge is -2.13. The first-order valence-electron chi connectivity index (χ1n) is 8.08. The number of imidazole rings is 1. The van der Waals surface area contributed by atoms with E-state index in [9.17, 15) is 4.79 Å². The van der Waals surface area contributed by atoms with Crippen molar-refractivity contribution in [1.29, 1.82) is 0 Å². The lowest BCUT2D eigenvalue weighted by Crippen LogP contribution is -2.23. The zero-order valence-electron chi connectivity index (χ0n) is 14.2. The molecule has 0 saturated carbocycles. The summed E-state index contributed by atoms with van der Waals surface area (Å²) in [5.41, 5.74) is 3.52. The van der Waals surface area contributed by atoms with E-state index in [0.29, 0.717) is 16.0 Å². The van der Waals surface area contributed by atoms with Gasteiger partial charge in [0.25, 0.3) is 0 Å². The van der Waals surface area contributed by atoms with Gasteiger partial charge in [-0.2, -0.15) is 0 Å². The molecule has 0 aliphatic heterocycles. The van der Waals surface area contributed by atoms with E-state index >= 15 is 0 Å². The summed E-state index contributed by atoms with van der Waals surface area (Å²) in [6, 6.07) is 13.3. The second kappa shape index (κ2) is 6.66. The van der Waals surface area contributed by atoms with Crippen LogP contribution in [0.25, 0.3) is 16.8 Å². The molecule has 2 aromatic heterocycles. The van der Waals surface area contributed by atoms with Gasteiger partial charge in [-0.1, -0.05) is 41.6 Å². The Labute approximate surface area is 159 Å². The van der Waals surface area contributed by atoms with Gasteiger partial charge in [-0.25, -0.2) is 10.1 Å². The van der Waals surface area contributed by atoms with Crippen LogP contribution in [0.1, 0.15) is 12.5 Å². The fourth-order valence-electron chi connectivity index (χ4n) is 2.70. The predicted octanol–water partition coefficient (Wildman–Crippen LogP) is 4.29. The standard InChI is InChI=1S/C18H16ClN5OS/c1-10-7-8-12(19)9-14(10)20-16(25)11(2)26-18-23-22-17-21-13-5-3-4-6-15(13)24(17)18/h3-9,11H,1-2H3,(H,20,25)(H,21,22). The number of aromatic nitrogens is 4. The van der Waals surface area contributed by atoms with Crippen molar-refractivity contribution in [3.8, 4) is 0 Å². The monoisotopic (exact) mass is 385 g/mol. The number of amides is 1. The Morgan fingerprint density at radius 1 is 1.31 bits per heavy atom. The number of aromatic amines is 1. The van der Waals surface area contributed by atoms with Gasteiger partial charge < -0.3 is 5.32 Å². The largest absolute Gasteiger partial charge is 0.325 e. The van der Waals surface area contributed by atoms with Crippen LogP contribution < -0.4 is 5.32 Å². The third-order valence-electron chi connectivity index (χ3n) is 4.11. The molecule has 0 saturated heterocycles. The number of hydrogen-bond donors (Lipinski definition) is 2. The number of H-pyrrole nitrogens is 1. The summed E-state index contributed by atoms with van der Waals surface area (Å²) in [5, 5.41) is 11.1. The topological polar surface area (TPSA) is 75.1 Å². The molecule has 26 heavy (non-hydrogen) atoms. The Kier molecular flexibility index (Phi) is 4.34. The molecular weight excluding hydrogens is 370 g/mol. The van der Waals surface area contributed by atoms with E-state index in [0.717, 1.165) is 22.3 Å². The van der Waals surface area contributed by atoms with Crippen LogP contribution in [0.15, 0.2) is 47.6 Å². The van der Waals surface area contributed by atoms with Crippen molar-refractivity contribution >= 4 is 51.8 Å². The van der Waals surface area contributed by atoms with Crippen molar-refractivity contribution in [3.05, 3.63) is 53.1 Å². The van der Waals surface area contributed by atoms with E-state index in [-0.39, 0.29) is 11.2 Å². The van der Waals surface area contributed by atoms with Crippen LogP contribution in [0.2, 0.25) is 5.02 Å². The molecule has 8 heteroatoms. The summed E-state index contributed by atoms with van der Waals surface area (Å²) in [4.78, 5) is 17.1. The highest BCUT2D eigenvalue weighted by atomic mass is 35.5. The maximum atomic E-state index is 12.6. The number of nitrogens with one attached hydrogen (secondary N) is 2. The number of anilines is 1. The molecule has 0 spiro atoms. The van der Waals surface area contributed by atoms with Crippen molar-refractivity contribution in [2.75, 3.05) is 5.32 Å². The van der Waals surface area contributed by atoms with Crippen LogP contribution in [0.5, 0.6) is 0 Å². The quantitative estimate of drug-likeness (QED) is 0.514. The molecule has 6 nitrogen and oxygen atoms in total. The molecule has 4 rings (SSSR count). The number of carbonyl (C=O) groups excluding carboxylic acids is 1. The van der Waals surface area contributed by atoms with Gasteiger partial charge in [0, 0.05) is 10.7 Å². The van der Waals surface area contributed by atoms with E-state index < -0.39 is 0 Å². The minimum atomic E-state index is -0.346. The third kappa shape index (κ3) is 3.04.